The molecule has 0 spiro atoms. The average molecular weight is 389 g/mol. The Morgan fingerprint density at radius 3 is 3.04 bits per heavy atom. The van der Waals surface area contributed by atoms with Crippen LogP contribution in [0.4, 0.5) is 0 Å². The van der Waals surface area contributed by atoms with Crippen LogP contribution in [-0.4, -0.2) is 19.7 Å². The van der Waals surface area contributed by atoms with E-state index >= 15 is 0 Å². The van der Waals surface area contributed by atoms with Crippen molar-refractivity contribution in [1.82, 2.24) is 19.7 Å². The summed E-state index contributed by atoms with van der Waals surface area (Å²) in [5.41, 5.74) is 1.24. The largest absolute Gasteiger partial charge is 0.338 e. The maximum atomic E-state index is 13.2. The number of hydrogen-bond acceptors (Lipinski definition) is 7. The van der Waals surface area contributed by atoms with Gasteiger partial charge in [0.2, 0.25) is 5.89 Å². The monoisotopic (exact) mass is 388 g/mol. The number of rotatable bonds is 5. The molecule has 0 aromatic carbocycles. The van der Waals surface area contributed by atoms with Gasteiger partial charge in [-0.2, -0.15) is 4.98 Å². The molecule has 4 rings (SSSR count). The summed E-state index contributed by atoms with van der Waals surface area (Å²) in [4.78, 5) is 24.4. The molecule has 8 heteroatoms. The molecule has 0 bridgehead atoms. The summed E-state index contributed by atoms with van der Waals surface area (Å²) in [6.45, 7) is 8.28. The first-order valence-electron chi connectivity index (χ1n) is 8.64. The second kappa shape index (κ2) is 7.00. The molecule has 1 unspecified atom stereocenters. The molecule has 3 aromatic rings. The normalized spacial score (nSPS) is 16.8. The molecule has 0 aliphatic heterocycles. The van der Waals surface area contributed by atoms with Crippen LogP contribution in [0.2, 0.25) is 0 Å². The van der Waals surface area contributed by atoms with Gasteiger partial charge in [0.15, 0.2) is 11.0 Å². The smallest absolute Gasteiger partial charge is 0.263 e. The number of allylic oxidation sites excluding steroid dienone is 1. The zero-order valence-electron chi connectivity index (χ0n) is 14.8. The van der Waals surface area contributed by atoms with Crippen LogP contribution in [0.1, 0.15) is 35.5 Å². The van der Waals surface area contributed by atoms with Crippen LogP contribution in [-0.2, 0) is 25.1 Å². The van der Waals surface area contributed by atoms with Gasteiger partial charge in [-0.05, 0) is 37.7 Å². The Morgan fingerprint density at radius 2 is 2.31 bits per heavy atom. The maximum Gasteiger partial charge on any atom is 0.263 e. The van der Waals surface area contributed by atoms with Crippen molar-refractivity contribution in [3.8, 4) is 0 Å². The molecule has 0 N–H and O–H groups in total. The van der Waals surface area contributed by atoms with E-state index in [-0.39, 0.29) is 5.56 Å². The second-order valence-electron chi connectivity index (χ2n) is 6.65. The molecule has 1 aliphatic carbocycles. The van der Waals surface area contributed by atoms with Crippen LogP contribution in [0, 0.1) is 12.8 Å². The molecule has 26 heavy (non-hydrogen) atoms. The van der Waals surface area contributed by atoms with Crippen molar-refractivity contribution in [2.75, 3.05) is 0 Å². The predicted octanol–water partition coefficient (Wildman–Crippen LogP) is 3.75. The summed E-state index contributed by atoms with van der Waals surface area (Å²) in [5, 5.41) is 5.28. The van der Waals surface area contributed by atoms with Gasteiger partial charge in [-0.1, -0.05) is 29.9 Å². The highest BCUT2D eigenvalue weighted by molar-refractivity contribution is 7.98. The van der Waals surface area contributed by atoms with Gasteiger partial charge in [-0.3, -0.25) is 9.36 Å². The van der Waals surface area contributed by atoms with Crippen molar-refractivity contribution in [2.45, 2.75) is 50.6 Å². The van der Waals surface area contributed by atoms with Crippen LogP contribution >= 0.6 is 23.1 Å². The fourth-order valence-electron chi connectivity index (χ4n) is 3.33. The minimum absolute atomic E-state index is 0.0335. The van der Waals surface area contributed by atoms with Crippen LogP contribution < -0.4 is 5.56 Å². The Morgan fingerprint density at radius 1 is 1.46 bits per heavy atom. The lowest BCUT2D eigenvalue weighted by Gasteiger charge is -2.17. The number of thioether (sulfide) groups is 1. The van der Waals surface area contributed by atoms with Crippen molar-refractivity contribution in [2.24, 2.45) is 5.92 Å². The zero-order chi connectivity index (χ0) is 18.3. The highest BCUT2D eigenvalue weighted by Gasteiger charge is 2.24. The van der Waals surface area contributed by atoms with Gasteiger partial charge < -0.3 is 4.52 Å². The quantitative estimate of drug-likeness (QED) is 0.376. The average Bonchev–Trinajstić information content (AvgIpc) is 3.18. The number of thiophene rings is 1. The molecule has 6 nitrogen and oxygen atoms in total. The van der Waals surface area contributed by atoms with E-state index in [9.17, 15) is 4.79 Å². The molecule has 3 heterocycles. The van der Waals surface area contributed by atoms with Crippen molar-refractivity contribution in [3.63, 3.8) is 0 Å². The summed E-state index contributed by atoms with van der Waals surface area (Å²) in [6, 6.07) is 0. The van der Waals surface area contributed by atoms with Gasteiger partial charge in [-0.25, -0.2) is 4.98 Å². The summed E-state index contributed by atoms with van der Waals surface area (Å²) in [5.74, 6) is 2.29. The molecule has 1 atom stereocenters. The predicted molar refractivity (Wildman–Crippen MR) is 104 cm³/mol. The zero-order valence-corrected chi connectivity index (χ0v) is 16.5. The number of hydrogen-bond donors (Lipinski definition) is 0. The number of aryl methyl sites for hydroxylation is 2. The third kappa shape index (κ3) is 3.12. The Kier molecular flexibility index (Phi) is 4.71. The van der Waals surface area contributed by atoms with Gasteiger partial charge in [-0.15, -0.1) is 17.9 Å². The van der Waals surface area contributed by atoms with Crippen molar-refractivity contribution in [1.29, 1.82) is 0 Å². The van der Waals surface area contributed by atoms with Gasteiger partial charge in [0.05, 0.1) is 11.1 Å². The van der Waals surface area contributed by atoms with Gasteiger partial charge in [0, 0.05) is 11.4 Å². The summed E-state index contributed by atoms with van der Waals surface area (Å²) in [6.07, 6.45) is 4.87. The highest BCUT2D eigenvalue weighted by atomic mass is 32.2. The lowest BCUT2D eigenvalue weighted by Crippen LogP contribution is -2.23. The standard InChI is InChI=1S/C18H20N4O2S2/c1-4-7-22-17(23)15-12-6-5-10(2)8-13(12)26-16(15)20-18(22)25-9-14-19-11(3)21-24-14/h4,10H,1,5-9H2,2-3H3. The van der Waals surface area contributed by atoms with E-state index in [0.717, 1.165) is 29.5 Å². The molecular formula is C18H20N4O2S2. The fraction of sp³-hybridized carbons (Fsp3) is 0.444. The number of fused-ring (bicyclic) bond motifs is 3. The molecule has 0 fully saturated rings. The van der Waals surface area contributed by atoms with Gasteiger partial charge in [0.25, 0.3) is 5.56 Å². The van der Waals surface area contributed by atoms with E-state index in [1.54, 1.807) is 28.9 Å². The number of nitrogens with zero attached hydrogens (tertiary/aromatic N) is 4. The second-order valence-corrected chi connectivity index (χ2v) is 8.68. The topological polar surface area (TPSA) is 73.8 Å². The van der Waals surface area contributed by atoms with Gasteiger partial charge in [0.1, 0.15) is 4.83 Å². The van der Waals surface area contributed by atoms with Crippen LogP contribution in [0.15, 0.2) is 27.1 Å². The lowest BCUT2D eigenvalue weighted by molar-refractivity contribution is 0.387. The first-order chi connectivity index (χ1) is 12.6. The summed E-state index contributed by atoms with van der Waals surface area (Å²) >= 11 is 3.11. The Bertz CT molecular complexity index is 1030. The van der Waals surface area contributed by atoms with E-state index < -0.39 is 0 Å². The van der Waals surface area contributed by atoms with Crippen molar-refractivity contribution >= 4 is 33.3 Å². The Balaban J connectivity index is 1.77. The SMILES string of the molecule is C=CCn1c(SCc2nc(C)no2)nc2sc3c(c2c1=O)CCC(C)C3. The molecule has 0 amide bonds. The van der Waals surface area contributed by atoms with E-state index in [4.69, 9.17) is 9.51 Å². The molecule has 0 saturated carbocycles. The first-order valence-corrected chi connectivity index (χ1v) is 10.4. The van der Waals surface area contributed by atoms with Crippen molar-refractivity contribution < 1.29 is 4.52 Å². The maximum absolute atomic E-state index is 13.2. The fourth-order valence-corrected chi connectivity index (χ4v) is 5.60. The molecule has 0 radical (unpaired) electrons. The summed E-state index contributed by atoms with van der Waals surface area (Å²) in [7, 11) is 0. The minimum atomic E-state index is 0.0335. The van der Waals surface area contributed by atoms with E-state index in [1.807, 2.05) is 0 Å². The third-order valence-corrected chi connectivity index (χ3v) is 6.70. The number of aromatic nitrogens is 4. The molecule has 3 aromatic heterocycles. The van der Waals surface area contributed by atoms with E-state index in [2.05, 4.69) is 23.6 Å². The lowest BCUT2D eigenvalue weighted by atomic mass is 9.89. The van der Waals surface area contributed by atoms with E-state index in [0.29, 0.717) is 35.1 Å². The summed E-state index contributed by atoms with van der Waals surface area (Å²) < 4.78 is 6.87. The third-order valence-electron chi connectivity index (χ3n) is 4.59. The van der Waals surface area contributed by atoms with Gasteiger partial charge >= 0.3 is 0 Å². The van der Waals surface area contributed by atoms with Crippen LogP contribution in [0.3, 0.4) is 0 Å². The molecule has 1 aliphatic rings. The van der Waals surface area contributed by atoms with Crippen LogP contribution in [0.25, 0.3) is 10.2 Å². The van der Waals surface area contributed by atoms with Crippen molar-refractivity contribution in [3.05, 3.63) is 45.2 Å². The molecule has 136 valence electrons. The molecule has 0 saturated heterocycles. The minimum Gasteiger partial charge on any atom is -0.338 e. The highest BCUT2D eigenvalue weighted by Crippen LogP contribution is 2.36. The van der Waals surface area contributed by atoms with E-state index in [1.165, 1.54) is 22.2 Å². The Labute approximate surface area is 159 Å². The first kappa shape index (κ1) is 17.5. The van der Waals surface area contributed by atoms with Crippen LogP contribution in [0.5, 0.6) is 0 Å². The molecular weight excluding hydrogens is 368 g/mol. The Hall–Kier alpha value is -1.93.